The van der Waals surface area contributed by atoms with E-state index in [0.29, 0.717) is 12.2 Å². The topological polar surface area (TPSA) is 54.1 Å². The van der Waals surface area contributed by atoms with Crippen molar-refractivity contribution in [1.29, 1.82) is 0 Å². The number of fused-ring (bicyclic) bond motifs is 1. The smallest absolute Gasteiger partial charge is 0.251 e. The molecule has 1 amide bonds. The average Bonchev–Trinajstić information content (AvgIpc) is 2.98. The summed E-state index contributed by atoms with van der Waals surface area (Å²) >= 11 is 0. The molecular weight excluding hydrogens is 300 g/mol. The van der Waals surface area contributed by atoms with Gasteiger partial charge in [-0.25, -0.2) is 0 Å². The number of carbonyl (C=O) groups is 1. The standard InChI is InChI=1S/C20H22N2O2/c1-3-24-17-8-6-7-15(12-17)20(23)22-14(2)11-16-13-21-19-10-5-4-9-18(16)19/h4-10,12-14,21H,3,11H2,1-2H3,(H,22,23)/t14-/m0/s1. The van der Waals surface area contributed by atoms with E-state index in [1.165, 1.54) is 10.9 Å². The van der Waals surface area contributed by atoms with Crippen molar-refractivity contribution in [1.82, 2.24) is 10.3 Å². The Hall–Kier alpha value is -2.75. The third kappa shape index (κ3) is 3.59. The summed E-state index contributed by atoms with van der Waals surface area (Å²) in [6.07, 6.45) is 2.80. The van der Waals surface area contributed by atoms with Crippen LogP contribution in [0.3, 0.4) is 0 Å². The van der Waals surface area contributed by atoms with E-state index in [4.69, 9.17) is 4.74 Å². The summed E-state index contributed by atoms with van der Waals surface area (Å²) < 4.78 is 5.45. The van der Waals surface area contributed by atoms with Gasteiger partial charge in [0.2, 0.25) is 0 Å². The van der Waals surface area contributed by atoms with Crippen LogP contribution >= 0.6 is 0 Å². The highest BCUT2D eigenvalue weighted by Gasteiger charge is 2.13. The van der Waals surface area contributed by atoms with E-state index in [0.717, 1.165) is 17.7 Å². The maximum absolute atomic E-state index is 12.4. The molecule has 0 spiro atoms. The molecule has 0 saturated carbocycles. The molecule has 4 heteroatoms. The van der Waals surface area contributed by atoms with Crippen molar-refractivity contribution in [2.75, 3.05) is 6.61 Å². The van der Waals surface area contributed by atoms with Gasteiger partial charge in [-0.1, -0.05) is 24.3 Å². The van der Waals surface area contributed by atoms with Crippen LogP contribution in [0.15, 0.2) is 54.7 Å². The summed E-state index contributed by atoms with van der Waals surface area (Å²) in [5.74, 6) is 0.637. The van der Waals surface area contributed by atoms with Crippen molar-refractivity contribution >= 4 is 16.8 Å². The van der Waals surface area contributed by atoms with Crippen LogP contribution in [0.25, 0.3) is 10.9 Å². The minimum Gasteiger partial charge on any atom is -0.494 e. The van der Waals surface area contributed by atoms with E-state index < -0.39 is 0 Å². The molecule has 1 aromatic heterocycles. The zero-order valence-electron chi connectivity index (χ0n) is 14.0. The normalized spacial score (nSPS) is 12.1. The molecule has 24 heavy (non-hydrogen) atoms. The summed E-state index contributed by atoms with van der Waals surface area (Å²) in [4.78, 5) is 15.7. The molecule has 3 aromatic rings. The van der Waals surface area contributed by atoms with Crippen LogP contribution in [-0.4, -0.2) is 23.5 Å². The van der Waals surface area contributed by atoms with Crippen LogP contribution in [-0.2, 0) is 6.42 Å². The molecule has 2 N–H and O–H groups in total. The lowest BCUT2D eigenvalue weighted by molar-refractivity contribution is 0.0939. The Labute approximate surface area is 141 Å². The first-order chi connectivity index (χ1) is 11.7. The summed E-state index contributed by atoms with van der Waals surface area (Å²) in [5, 5.41) is 4.27. The number of para-hydroxylation sites is 1. The molecular formula is C20H22N2O2. The van der Waals surface area contributed by atoms with E-state index in [1.54, 1.807) is 12.1 Å². The Balaban J connectivity index is 1.67. The molecule has 0 radical (unpaired) electrons. The second-order valence-electron chi connectivity index (χ2n) is 5.90. The molecule has 2 aromatic carbocycles. The molecule has 0 aliphatic rings. The molecule has 1 heterocycles. The van der Waals surface area contributed by atoms with Gasteiger partial charge >= 0.3 is 0 Å². The van der Waals surface area contributed by atoms with E-state index >= 15 is 0 Å². The highest BCUT2D eigenvalue weighted by molar-refractivity contribution is 5.94. The zero-order chi connectivity index (χ0) is 16.9. The maximum Gasteiger partial charge on any atom is 0.251 e. The van der Waals surface area contributed by atoms with Crippen LogP contribution in [0.5, 0.6) is 5.75 Å². The van der Waals surface area contributed by atoms with Gasteiger partial charge < -0.3 is 15.0 Å². The SMILES string of the molecule is CCOc1cccc(C(=O)N[C@@H](C)Cc2c[nH]c3ccccc23)c1. The molecule has 0 fully saturated rings. The Morgan fingerprint density at radius 2 is 2.04 bits per heavy atom. The summed E-state index contributed by atoms with van der Waals surface area (Å²) in [6, 6.07) is 15.5. The minimum atomic E-state index is -0.0797. The van der Waals surface area contributed by atoms with E-state index in [9.17, 15) is 4.79 Å². The minimum absolute atomic E-state index is 0.0347. The van der Waals surface area contributed by atoms with Gasteiger partial charge in [-0.15, -0.1) is 0 Å². The van der Waals surface area contributed by atoms with Crippen molar-refractivity contribution in [3.63, 3.8) is 0 Å². The van der Waals surface area contributed by atoms with Gasteiger partial charge in [0.15, 0.2) is 0 Å². The first kappa shape index (κ1) is 16.1. The predicted octanol–water partition coefficient (Wildman–Crippen LogP) is 3.93. The monoisotopic (exact) mass is 322 g/mol. The van der Waals surface area contributed by atoms with Crippen molar-refractivity contribution in [2.24, 2.45) is 0 Å². The molecule has 0 aliphatic heterocycles. The number of aromatic nitrogens is 1. The zero-order valence-corrected chi connectivity index (χ0v) is 14.0. The largest absolute Gasteiger partial charge is 0.494 e. The van der Waals surface area contributed by atoms with Crippen molar-refractivity contribution in [2.45, 2.75) is 26.3 Å². The van der Waals surface area contributed by atoms with Gasteiger partial charge in [0.05, 0.1) is 6.61 Å². The van der Waals surface area contributed by atoms with Gasteiger partial charge in [0, 0.05) is 28.7 Å². The van der Waals surface area contributed by atoms with Crippen molar-refractivity contribution in [3.05, 3.63) is 65.9 Å². The van der Waals surface area contributed by atoms with Gasteiger partial charge in [-0.3, -0.25) is 4.79 Å². The van der Waals surface area contributed by atoms with Crippen molar-refractivity contribution < 1.29 is 9.53 Å². The molecule has 0 aliphatic carbocycles. The quantitative estimate of drug-likeness (QED) is 0.722. The molecule has 4 nitrogen and oxygen atoms in total. The van der Waals surface area contributed by atoms with E-state index in [-0.39, 0.29) is 11.9 Å². The Kier molecular flexibility index (Phi) is 4.85. The molecule has 0 unspecified atom stereocenters. The van der Waals surface area contributed by atoms with Crippen LogP contribution in [0.4, 0.5) is 0 Å². The highest BCUT2D eigenvalue weighted by Crippen LogP contribution is 2.19. The average molecular weight is 322 g/mol. The number of ether oxygens (including phenoxy) is 1. The number of nitrogens with one attached hydrogen (secondary N) is 2. The molecule has 124 valence electrons. The molecule has 3 rings (SSSR count). The molecule has 1 atom stereocenters. The fourth-order valence-corrected chi connectivity index (χ4v) is 2.88. The van der Waals surface area contributed by atoms with Gasteiger partial charge in [0.1, 0.15) is 5.75 Å². The second kappa shape index (κ2) is 7.21. The first-order valence-electron chi connectivity index (χ1n) is 8.26. The van der Waals surface area contributed by atoms with Crippen LogP contribution in [0, 0.1) is 0 Å². The van der Waals surface area contributed by atoms with Crippen molar-refractivity contribution in [3.8, 4) is 5.75 Å². The van der Waals surface area contributed by atoms with Crippen LogP contribution < -0.4 is 10.1 Å². The highest BCUT2D eigenvalue weighted by atomic mass is 16.5. The Bertz CT molecular complexity index is 838. The Morgan fingerprint density at radius 1 is 1.21 bits per heavy atom. The fourth-order valence-electron chi connectivity index (χ4n) is 2.88. The number of benzene rings is 2. The number of rotatable bonds is 6. The third-order valence-corrected chi connectivity index (χ3v) is 3.99. The number of carbonyl (C=O) groups excluding carboxylic acids is 1. The summed E-state index contributed by atoms with van der Waals surface area (Å²) in [6.45, 7) is 4.53. The third-order valence-electron chi connectivity index (χ3n) is 3.99. The number of aromatic amines is 1. The lowest BCUT2D eigenvalue weighted by atomic mass is 10.1. The first-order valence-corrected chi connectivity index (χ1v) is 8.26. The summed E-state index contributed by atoms with van der Waals surface area (Å²) in [7, 11) is 0. The van der Waals surface area contributed by atoms with E-state index in [2.05, 4.69) is 22.4 Å². The maximum atomic E-state index is 12.4. The lowest BCUT2D eigenvalue weighted by Gasteiger charge is -2.14. The number of amides is 1. The number of H-pyrrole nitrogens is 1. The fraction of sp³-hybridized carbons (Fsp3) is 0.250. The van der Waals surface area contributed by atoms with Gasteiger partial charge in [-0.05, 0) is 50.1 Å². The number of hydrogen-bond acceptors (Lipinski definition) is 2. The van der Waals surface area contributed by atoms with E-state index in [1.807, 2.05) is 44.3 Å². The second-order valence-corrected chi connectivity index (χ2v) is 5.90. The van der Waals surface area contributed by atoms with Gasteiger partial charge in [-0.2, -0.15) is 0 Å². The number of hydrogen-bond donors (Lipinski definition) is 2. The molecule has 0 bridgehead atoms. The molecule has 0 saturated heterocycles. The van der Waals surface area contributed by atoms with Crippen LogP contribution in [0.2, 0.25) is 0 Å². The van der Waals surface area contributed by atoms with Gasteiger partial charge in [0.25, 0.3) is 5.91 Å². The summed E-state index contributed by atoms with van der Waals surface area (Å²) in [5.41, 5.74) is 2.95. The van der Waals surface area contributed by atoms with Crippen LogP contribution in [0.1, 0.15) is 29.8 Å². The lowest BCUT2D eigenvalue weighted by Crippen LogP contribution is -2.34. The Morgan fingerprint density at radius 3 is 2.88 bits per heavy atom. The predicted molar refractivity (Wildman–Crippen MR) is 96.5 cm³/mol.